The molecule has 1 heterocycles. The van der Waals surface area contributed by atoms with E-state index in [1.54, 1.807) is 0 Å². The summed E-state index contributed by atoms with van der Waals surface area (Å²) in [6, 6.07) is 27.3. The molecule has 4 rings (SSSR count). The highest BCUT2D eigenvalue weighted by Gasteiger charge is 2.32. The molecule has 0 spiro atoms. The molecule has 1 fully saturated rings. The van der Waals surface area contributed by atoms with Crippen molar-refractivity contribution in [3.05, 3.63) is 102 Å². The molecule has 2 unspecified atom stereocenters. The molecule has 0 aromatic heterocycles. The Hall–Kier alpha value is -3.19. The number of likely N-dealkylation sites (tertiary alicyclic amines) is 1. The van der Waals surface area contributed by atoms with Crippen LogP contribution in [0.2, 0.25) is 0 Å². The summed E-state index contributed by atoms with van der Waals surface area (Å²) in [5, 5.41) is 19.1. The number of hydrogen-bond donors (Lipinski definition) is 2. The average molecular weight is 475 g/mol. The number of likely N-dealkylation sites (N-methyl/N-ethyl adjacent to an activating group) is 1. The van der Waals surface area contributed by atoms with Crippen LogP contribution in [-0.2, 0) is 4.79 Å². The van der Waals surface area contributed by atoms with Crippen molar-refractivity contribution in [1.29, 1.82) is 0 Å². The topological polar surface area (TPSA) is 73.2 Å². The molecular formula is C29H34N2O4. The molecule has 1 aliphatic heterocycles. The summed E-state index contributed by atoms with van der Waals surface area (Å²) in [7, 11) is 1.87. The Balaban J connectivity index is 1.65. The predicted octanol–water partition coefficient (Wildman–Crippen LogP) is 3.46. The first-order valence-corrected chi connectivity index (χ1v) is 12.2. The lowest BCUT2D eigenvalue weighted by Crippen LogP contribution is -2.41. The number of ether oxygens (including phenoxy) is 1. The van der Waals surface area contributed by atoms with E-state index >= 15 is 0 Å². The highest BCUT2D eigenvalue weighted by molar-refractivity contribution is 5.87. The molecule has 6 heteroatoms. The molecule has 0 saturated carbocycles. The number of benzene rings is 3. The van der Waals surface area contributed by atoms with Crippen LogP contribution in [0.25, 0.3) is 0 Å². The van der Waals surface area contributed by atoms with E-state index in [1.165, 1.54) is 0 Å². The molecule has 0 radical (unpaired) electrons. The summed E-state index contributed by atoms with van der Waals surface area (Å²) >= 11 is 0. The first-order chi connectivity index (χ1) is 17.1. The zero-order valence-corrected chi connectivity index (χ0v) is 20.2. The Morgan fingerprint density at radius 1 is 0.971 bits per heavy atom. The van der Waals surface area contributed by atoms with Crippen LogP contribution in [0.5, 0.6) is 5.75 Å². The summed E-state index contributed by atoms with van der Waals surface area (Å²) < 4.78 is 5.53. The Bertz CT molecular complexity index is 1020. The van der Waals surface area contributed by atoms with Crippen molar-refractivity contribution in [1.82, 2.24) is 9.80 Å². The van der Waals surface area contributed by atoms with Crippen LogP contribution in [0, 0.1) is 0 Å². The lowest BCUT2D eigenvalue weighted by molar-refractivity contribution is -0.133. The Kier molecular flexibility index (Phi) is 8.53. The Morgan fingerprint density at radius 3 is 2.09 bits per heavy atom. The number of aliphatic hydroxyl groups is 2. The molecule has 0 aliphatic carbocycles. The van der Waals surface area contributed by atoms with Crippen LogP contribution >= 0.6 is 0 Å². The predicted molar refractivity (Wildman–Crippen MR) is 136 cm³/mol. The highest BCUT2D eigenvalue weighted by atomic mass is 16.5. The van der Waals surface area contributed by atoms with Crippen molar-refractivity contribution >= 4 is 5.91 Å². The van der Waals surface area contributed by atoms with Crippen LogP contribution < -0.4 is 4.74 Å². The monoisotopic (exact) mass is 474 g/mol. The van der Waals surface area contributed by atoms with E-state index in [0.717, 1.165) is 29.7 Å². The average Bonchev–Trinajstić information content (AvgIpc) is 3.32. The van der Waals surface area contributed by atoms with Gasteiger partial charge in [-0.1, -0.05) is 72.8 Å². The Morgan fingerprint density at radius 2 is 1.57 bits per heavy atom. The molecule has 3 aromatic carbocycles. The number of β-amino-alcohol motifs (C(OH)–C–C–N with tert-alkyl or cyclic N) is 1. The van der Waals surface area contributed by atoms with Crippen molar-refractivity contribution in [2.24, 2.45) is 0 Å². The summed E-state index contributed by atoms with van der Waals surface area (Å²) in [6.45, 7) is 2.24. The zero-order valence-electron chi connectivity index (χ0n) is 20.2. The van der Waals surface area contributed by atoms with Gasteiger partial charge in [0.2, 0.25) is 5.91 Å². The van der Waals surface area contributed by atoms with E-state index in [9.17, 15) is 9.90 Å². The van der Waals surface area contributed by atoms with E-state index in [4.69, 9.17) is 9.84 Å². The van der Waals surface area contributed by atoms with E-state index in [1.807, 2.05) is 96.9 Å². The maximum Gasteiger partial charge on any atom is 0.234 e. The van der Waals surface area contributed by atoms with Crippen molar-refractivity contribution in [2.75, 3.05) is 39.9 Å². The van der Waals surface area contributed by atoms with Gasteiger partial charge in [0.05, 0.1) is 24.7 Å². The maximum atomic E-state index is 14.1. The molecule has 1 amide bonds. The van der Waals surface area contributed by atoms with Gasteiger partial charge in [-0.2, -0.15) is 0 Å². The first-order valence-electron chi connectivity index (χ1n) is 12.2. The number of rotatable bonds is 10. The van der Waals surface area contributed by atoms with Gasteiger partial charge in [-0.15, -0.1) is 0 Å². The molecule has 35 heavy (non-hydrogen) atoms. The van der Waals surface area contributed by atoms with Crippen LogP contribution in [0.15, 0.2) is 84.9 Å². The molecule has 2 N–H and O–H groups in total. The van der Waals surface area contributed by atoms with Gasteiger partial charge in [0.1, 0.15) is 12.4 Å². The fourth-order valence-corrected chi connectivity index (χ4v) is 4.75. The van der Waals surface area contributed by atoms with E-state index in [0.29, 0.717) is 18.8 Å². The van der Waals surface area contributed by atoms with Gasteiger partial charge in [0.25, 0.3) is 0 Å². The standard InChI is InChI=1S/C29H34N2O4/c1-30(29(34)28(23-8-4-2-5-9-23)24-10-6-3-7-11-24)27(21-31-17-16-25(33)20-31)22-12-14-26(15-13-22)35-19-18-32/h2-15,25,27-28,32-33H,16-21H2,1H3. The lowest BCUT2D eigenvalue weighted by Gasteiger charge is -2.34. The van der Waals surface area contributed by atoms with Crippen LogP contribution in [0.3, 0.4) is 0 Å². The smallest absolute Gasteiger partial charge is 0.234 e. The SMILES string of the molecule is CN(C(=O)C(c1ccccc1)c1ccccc1)C(CN1CCC(O)C1)c1ccc(OCCO)cc1. The summed E-state index contributed by atoms with van der Waals surface area (Å²) in [5.41, 5.74) is 2.91. The molecule has 2 atom stereocenters. The number of carbonyl (C=O) groups excluding carboxylic acids is 1. The third-order valence-corrected chi connectivity index (χ3v) is 6.63. The minimum Gasteiger partial charge on any atom is -0.491 e. The maximum absolute atomic E-state index is 14.1. The third kappa shape index (κ3) is 6.28. The molecule has 3 aromatic rings. The second-order valence-corrected chi connectivity index (χ2v) is 9.06. The van der Waals surface area contributed by atoms with Crippen molar-refractivity contribution in [2.45, 2.75) is 24.5 Å². The minimum atomic E-state index is -0.416. The first kappa shape index (κ1) is 24.9. The van der Waals surface area contributed by atoms with Gasteiger partial charge in [0.15, 0.2) is 0 Å². The van der Waals surface area contributed by atoms with Gasteiger partial charge in [-0.25, -0.2) is 0 Å². The van der Waals surface area contributed by atoms with Crippen LogP contribution in [-0.4, -0.2) is 71.9 Å². The largest absolute Gasteiger partial charge is 0.491 e. The molecule has 0 bridgehead atoms. The highest BCUT2D eigenvalue weighted by Crippen LogP contribution is 2.32. The van der Waals surface area contributed by atoms with Gasteiger partial charge in [0, 0.05) is 26.7 Å². The van der Waals surface area contributed by atoms with Gasteiger partial charge >= 0.3 is 0 Å². The number of hydrogen-bond acceptors (Lipinski definition) is 5. The van der Waals surface area contributed by atoms with E-state index in [2.05, 4.69) is 4.90 Å². The minimum absolute atomic E-state index is 0.0211. The summed E-state index contributed by atoms with van der Waals surface area (Å²) in [6.07, 6.45) is 0.418. The fourth-order valence-electron chi connectivity index (χ4n) is 4.75. The molecule has 1 aliphatic rings. The second kappa shape index (κ2) is 12.0. The third-order valence-electron chi connectivity index (χ3n) is 6.63. The number of nitrogens with zero attached hydrogens (tertiary/aromatic N) is 2. The number of carbonyl (C=O) groups is 1. The molecule has 6 nitrogen and oxygen atoms in total. The lowest BCUT2D eigenvalue weighted by atomic mass is 9.89. The number of amides is 1. The number of aliphatic hydroxyl groups excluding tert-OH is 2. The van der Waals surface area contributed by atoms with E-state index < -0.39 is 5.92 Å². The van der Waals surface area contributed by atoms with Crippen molar-refractivity contribution < 1.29 is 19.7 Å². The molecular weight excluding hydrogens is 440 g/mol. The Labute approximate surface area is 207 Å². The van der Waals surface area contributed by atoms with Gasteiger partial charge in [-0.3, -0.25) is 9.69 Å². The quantitative estimate of drug-likeness (QED) is 0.471. The second-order valence-electron chi connectivity index (χ2n) is 9.06. The van der Waals surface area contributed by atoms with Crippen molar-refractivity contribution in [3.8, 4) is 5.75 Å². The van der Waals surface area contributed by atoms with Gasteiger partial charge in [-0.05, 0) is 35.2 Å². The van der Waals surface area contributed by atoms with Crippen molar-refractivity contribution in [3.63, 3.8) is 0 Å². The normalized spacial score (nSPS) is 16.9. The fraction of sp³-hybridized carbons (Fsp3) is 0.345. The van der Waals surface area contributed by atoms with Crippen LogP contribution in [0.1, 0.15) is 35.1 Å². The van der Waals surface area contributed by atoms with Crippen LogP contribution in [0.4, 0.5) is 0 Å². The van der Waals surface area contributed by atoms with Gasteiger partial charge < -0.3 is 19.8 Å². The van der Waals surface area contributed by atoms with E-state index in [-0.39, 0.29) is 31.3 Å². The molecule has 1 saturated heterocycles. The zero-order chi connectivity index (χ0) is 24.6. The molecule has 184 valence electrons. The summed E-state index contributed by atoms with van der Waals surface area (Å²) in [4.78, 5) is 18.2. The summed E-state index contributed by atoms with van der Waals surface area (Å²) in [5.74, 6) is 0.285.